The number of rotatable bonds is 3. The molecule has 1 heterocycles. The fourth-order valence-electron chi connectivity index (χ4n) is 1.90. The molecule has 0 N–H and O–H groups in total. The maximum absolute atomic E-state index is 12.1. The van der Waals surface area contributed by atoms with Crippen LogP contribution in [0.4, 0.5) is 0 Å². The van der Waals surface area contributed by atoms with Crippen LogP contribution in [0.25, 0.3) is 0 Å². The molecule has 1 fully saturated rings. The number of ether oxygens (including phenoxy) is 1. The van der Waals surface area contributed by atoms with E-state index in [1.54, 1.807) is 18.2 Å². The Morgan fingerprint density at radius 1 is 1.38 bits per heavy atom. The number of hydrogen-bond acceptors (Lipinski definition) is 4. The van der Waals surface area contributed by atoms with E-state index in [4.69, 9.17) is 8.92 Å². The third kappa shape index (κ3) is 2.57. The molecule has 0 aromatic heterocycles. The highest BCUT2D eigenvalue weighted by Gasteiger charge is 2.22. The van der Waals surface area contributed by atoms with Crippen molar-refractivity contribution in [1.82, 2.24) is 0 Å². The average molecular weight is 238 g/mol. The van der Waals surface area contributed by atoms with Crippen LogP contribution in [-0.2, 0) is 4.74 Å². The van der Waals surface area contributed by atoms with E-state index in [1.807, 2.05) is 6.07 Å². The standard InChI is InChI=1S/C12H14O3S/c13-12(9-4-6-14-7-5-9)10-2-1-3-11(8-10)15-16/h1-3,8-9,16H,4-7H2. The molecule has 86 valence electrons. The van der Waals surface area contributed by atoms with E-state index in [0.717, 1.165) is 12.8 Å². The van der Waals surface area contributed by atoms with E-state index in [-0.39, 0.29) is 11.7 Å². The first-order valence-electron chi connectivity index (χ1n) is 5.34. The van der Waals surface area contributed by atoms with Gasteiger partial charge < -0.3 is 8.92 Å². The average Bonchev–Trinajstić information content (AvgIpc) is 2.39. The lowest BCUT2D eigenvalue weighted by atomic mass is 9.91. The van der Waals surface area contributed by atoms with Crippen LogP contribution in [-0.4, -0.2) is 19.0 Å². The Labute approximate surface area is 100 Å². The van der Waals surface area contributed by atoms with Crippen molar-refractivity contribution in [2.75, 3.05) is 13.2 Å². The second kappa shape index (κ2) is 5.37. The van der Waals surface area contributed by atoms with Crippen LogP contribution in [0.5, 0.6) is 5.75 Å². The molecule has 2 rings (SSSR count). The van der Waals surface area contributed by atoms with E-state index in [1.165, 1.54) is 0 Å². The lowest BCUT2D eigenvalue weighted by molar-refractivity contribution is 0.0545. The fourth-order valence-corrected chi connectivity index (χ4v) is 2.02. The summed E-state index contributed by atoms with van der Waals surface area (Å²) in [4.78, 5) is 12.1. The molecule has 16 heavy (non-hydrogen) atoms. The third-order valence-corrected chi connectivity index (χ3v) is 3.03. The Morgan fingerprint density at radius 2 is 2.12 bits per heavy atom. The van der Waals surface area contributed by atoms with Crippen molar-refractivity contribution in [2.45, 2.75) is 12.8 Å². The van der Waals surface area contributed by atoms with E-state index in [2.05, 4.69) is 12.9 Å². The van der Waals surface area contributed by atoms with Gasteiger partial charge in [-0.1, -0.05) is 12.1 Å². The topological polar surface area (TPSA) is 35.5 Å². The lowest BCUT2D eigenvalue weighted by Gasteiger charge is -2.20. The van der Waals surface area contributed by atoms with Crippen LogP contribution in [0.15, 0.2) is 24.3 Å². The number of carbonyl (C=O) groups excluding carboxylic acids is 1. The van der Waals surface area contributed by atoms with E-state index >= 15 is 0 Å². The normalized spacial score (nSPS) is 17.1. The molecule has 0 atom stereocenters. The molecule has 1 aromatic carbocycles. The third-order valence-electron chi connectivity index (χ3n) is 2.82. The minimum atomic E-state index is 0.0870. The predicted octanol–water partition coefficient (Wildman–Crippen LogP) is 2.52. The highest BCUT2D eigenvalue weighted by Crippen LogP contribution is 2.22. The van der Waals surface area contributed by atoms with E-state index in [9.17, 15) is 4.79 Å². The summed E-state index contributed by atoms with van der Waals surface area (Å²) in [5, 5.41) is 0. The van der Waals surface area contributed by atoms with Gasteiger partial charge in [0.25, 0.3) is 0 Å². The van der Waals surface area contributed by atoms with Gasteiger partial charge >= 0.3 is 0 Å². The summed E-state index contributed by atoms with van der Waals surface area (Å²) in [7, 11) is 0. The van der Waals surface area contributed by atoms with Gasteiger partial charge in [-0.15, -0.1) is 0 Å². The summed E-state index contributed by atoms with van der Waals surface area (Å²) in [5.74, 6) is 0.862. The van der Waals surface area contributed by atoms with Gasteiger partial charge in [0.1, 0.15) is 5.75 Å². The zero-order valence-corrected chi connectivity index (χ0v) is 9.78. The Balaban J connectivity index is 2.12. The number of carbonyl (C=O) groups is 1. The van der Waals surface area contributed by atoms with Crippen molar-refractivity contribution in [3.05, 3.63) is 29.8 Å². The van der Waals surface area contributed by atoms with Crippen LogP contribution < -0.4 is 4.18 Å². The quantitative estimate of drug-likeness (QED) is 0.499. The summed E-state index contributed by atoms with van der Waals surface area (Å²) < 4.78 is 10.1. The Hall–Kier alpha value is -1.00. The van der Waals surface area contributed by atoms with Gasteiger partial charge in [-0.2, -0.15) is 0 Å². The summed E-state index contributed by atoms with van der Waals surface area (Å²) in [6, 6.07) is 7.12. The molecule has 0 unspecified atom stereocenters. The Bertz CT molecular complexity index is 372. The Morgan fingerprint density at radius 3 is 2.81 bits per heavy atom. The second-order valence-electron chi connectivity index (χ2n) is 3.87. The minimum Gasteiger partial charge on any atom is -0.429 e. The number of Topliss-reactive ketones (excluding diaryl/α,β-unsaturated/α-hetero) is 1. The molecule has 1 aromatic rings. The molecule has 1 aliphatic rings. The number of hydrogen-bond donors (Lipinski definition) is 1. The first kappa shape index (κ1) is 11.5. The smallest absolute Gasteiger partial charge is 0.166 e. The molecule has 0 radical (unpaired) electrons. The van der Waals surface area contributed by atoms with Gasteiger partial charge in [0.05, 0.1) is 0 Å². The molecule has 3 nitrogen and oxygen atoms in total. The molecule has 0 aliphatic carbocycles. The zero-order chi connectivity index (χ0) is 11.4. The van der Waals surface area contributed by atoms with Crippen molar-refractivity contribution in [1.29, 1.82) is 0 Å². The SMILES string of the molecule is O=C(c1cccc(OS)c1)C1CCOCC1. The van der Waals surface area contributed by atoms with Gasteiger partial charge in [-0.05, 0) is 25.0 Å². The van der Waals surface area contributed by atoms with Crippen molar-refractivity contribution < 1.29 is 13.7 Å². The van der Waals surface area contributed by atoms with Crippen molar-refractivity contribution in [3.63, 3.8) is 0 Å². The molecule has 0 spiro atoms. The van der Waals surface area contributed by atoms with Gasteiger partial charge in [0.2, 0.25) is 0 Å². The van der Waals surface area contributed by atoms with Crippen molar-refractivity contribution in [2.24, 2.45) is 5.92 Å². The second-order valence-corrected chi connectivity index (χ2v) is 4.05. The number of benzene rings is 1. The summed E-state index contributed by atoms with van der Waals surface area (Å²) in [6.07, 6.45) is 1.62. The molecule has 0 saturated carbocycles. The van der Waals surface area contributed by atoms with Gasteiger partial charge in [0.15, 0.2) is 5.78 Å². The molecule has 1 aliphatic heterocycles. The molecular formula is C12H14O3S. The number of ketones is 1. The van der Waals surface area contributed by atoms with Gasteiger partial charge in [0, 0.05) is 37.6 Å². The van der Waals surface area contributed by atoms with Gasteiger partial charge in [-0.25, -0.2) is 0 Å². The highest BCUT2D eigenvalue weighted by atomic mass is 32.1. The van der Waals surface area contributed by atoms with E-state index in [0.29, 0.717) is 24.5 Å². The Kier molecular flexibility index (Phi) is 3.85. The molecule has 1 saturated heterocycles. The zero-order valence-electron chi connectivity index (χ0n) is 8.89. The maximum Gasteiger partial charge on any atom is 0.166 e. The molecule has 0 bridgehead atoms. The van der Waals surface area contributed by atoms with Crippen LogP contribution in [0.3, 0.4) is 0 Å². The summed E-state index contributed by atoms with van der Waals surface area (Å²) in [6.45, 7) is 1.36. The first-order valence-corrected chi connectivity index (χ1v) is 5.71. The van der Waals surface area contributed by atoms with Crippen molar-refractivity contribution in [3.8, 4) is 5.75 Å². The molecular weight excluding hydrogens is 224 g/mol. The van der Waals surface area contributed by atoms with Crippen LogP contribution in [0.1, 0.15) is 23.2 Å². The van der Waals surface area contributed by atoms with Crippen LogP contribution >= 0.6 is 12.9 Å². The minimum absolute atomic E-state index is 0.0870. The highest BCUT2D eigenvalue weighted by molar-refractivity contribution is 7.75. The summed E-state index contributed by atoms with van der Waals surface area (Å²) in [5.41, 5.74) is 0.693. The number of thiol groups is 1. The van der Waals surface area contributed by atoms with Crippen molar-refractivity contribution >= 4 is 18.7 Å². The van der Waals surface area contributed by atoms with Gasteiger partial charge in [-0.3, -0.25) is 4.79 Å². The van der Waals surface area contributed by atoms with Crippen LogP contribution in [0.2, 0.25) is 0 Å². The largest absolute Gasteiger partial charge is 0.429 e. The first-order chi connectivity index (χ1) is 7.81. The monoisotopic (exact) mass is 238 g/mol. The predicted molar refractivity (Wildman–Crippen MR) is 63.9 cm³/mol. The van der Waals surface area contributed by atoms with E-state index < -0.39 is 0 Å². The summed E-state index contributed by atoms with van der Waals surface area (Å²) >= 11 is 3.72. The molecule has 4 heteroatoms. The fraction of sp³-hybridized carbons (Fsp3) is 0.417. The van der Waals surface area contributed by atoms with Crippen LogP contribution in [0, 0.1) is 5.92 Å². The molecule has 0 amide bonds. The maximum atomic E-state index is 12.1. The lowest BCUT2D eigenvalue weighted by Crippen LogP contribution is -2.23.